The molecule has 0 aliphatic carbocycles. The second-order valence-corrected chi connectivity index (χ2v) is 14.5. The van der Waals surface area contributed by atoms with Gasteiger partial charge in [-0.05, 0) is 56.6 Å². The zero-order valence-corrected chi connectivity index (χ0v) is 30.0. The molecule has 3 atom stereocenters. The monoisotopic (exact) mass is 715 g/mol. The molecule has 2 aliphatic rings. The number of benzene rings is 1. The number of carbonyl (C=O) groups is 4. The standard InChI is InChI=1S/C34H45N7O4S2.ClH/c1-22(2)17-25-32-40-28(21-47-32)31(44)38-26(18-23-9-4-3-5-10-23)33-39-27(20-46-33)30(43)36-14-8-16-41(15-7-12-29(42)37-25)34(45)24-11-6-13-35-19-24;/h3-5,9-10,20-22,24-26,35H,6-8,11-19H2,1-2H3,(H,36,43)(H,37,42)(H,38,44);1H/t24-,25?,26+;/m1./s1. The first kappa shape index (κ1) is 37.4. The zero-order valence-electron chi connectivity index (χ0n) is 27.5. The average Bonchev–Trinajstić information content (AvgIpc) is 3.77. The number of thiazole rings is 2. The number of nitrogens with zero attached hydrogens (tertiary/aromatic N) is 3. The van der Waals surface area contributed by atoms with E-state index in [0.717, 1.165) is 24.9 Å². The Bertz CT molecular complexity index is 1510. The van der Waals surface area contributed by atoms with Gasteiger partial charge in [-0.2, -0.15) is 0 Å². The molecule has 1 saturated heterocycles. The molecule has 4 N–H and O–H groups in total. The highest BCUT2D eigenvalue weighted by Crippen LogP contribution is 2.27. The van der Waals surface area contributed by atoms with Crippen LogP contribution in [0.5, 0.6) is 0 Å². The van der Waals surface area contributed by atoms with Crippen LogP contribution in [-0.4, -0.2) is 71.2 Å². The van der Waals surface area contributed by atoms with Crippen molar-refractivity contribution in [1.29, 1.82) is 0 Å². The molecule has 5 rings (SSSR count). The van der Waals surface area contributed by atoms with Crippen LogP contribution in [0.25, 0.3) is 0 Å². The molecule has 0 radical (unpaired) electrons. The Morgan fingerprint density at radius 2 is 1.58 bits per heavy atom. The lowest BCUT2D eigenvalue weighted by Crippen LogP contribution is -2.44. The summed E-state index contributed by atoms with van der Waals surface area (Å²) in [6.07, 6.45) is 4.35. The van der Waals surface area contributed by atoms with Crippen molar-refractivity contribution in [3.63, 3.8) is 0 Å². The van der Waals surface area contributed by atoms with E-state index in [4.69, 9.17) is 0 Å². The van der Waals surface area contributed by atoms with Gasteiger partial charge >= 0.3 is 0 Å². The highest BCUT2D eigenvalue weighted by molar-refractivity contribution is 7.10. The third kappa shape index (κ3) is 10.6. The van der Waals surface area contributed by atoms with Gasteiger partial charge in [0, 0.05) is 43.4 Å². The second-order valence-electron chi connectivity index (χ2n) is 12.7. The molecule has 1 aromatic carbocycles. The van der Waals surface area contributed by atoms with E-state index in [1.807, 2.05) is 35.2 Å². The maximum atomic E-state index is 13.5. The molecule has 4 bridgehead atoms. The Labute approximate surface area is 296 Å². The summed E-state index contributed by atoms with van der Waals surface area (Å²) in [5.41, 5.74) is 1.59. The molecule has 1 unspecified atom stereocenters. The van der Waals surface area contributed by atoms with Crippen molar-refractivity contribution in [3.8, 4) is 0 Å². The highest BCUT2D eigenvalue weighted by Gasteiger charge is 2.28. The number of rotatable bonds is 5. The Morgan fingerprint density at radius 1 is 0.896 bits per heavy atom. The fourth-order valence-electron chi connectivity index (χ4n) is 5.99. The van der Waals surface area contributed by atoms with Gasteiger partial charge in [0.25, 0.3) is 11.8 Å². The quantitative estimate of drug-likeness (QED) is 0.300. The minimum absolute atomic E-state index is 0. The molecule has 11 nitrogen and oxygen atoms in total. The molecule has 2 aromatic heterocycles. The molecule has 14 heteroatoms. The lowest BCUT2D eigenvalue weighted by Gasteiger charge is -2.30. The molecular weight excluding hydrogens is 670 g/mol. The van der Waals surface area contributed by atoms with E-state index in [2.05, 4.69) is 45.1 Å². The molecule has 3 aromatic rings. The summed E-state index contributed by atoms with van der Waals surface area (Å²) in [5.74, 6) is -0.434. The first-order valence-corrected chi connectivity index (χ1v) is 18.4. The van der Waals surface area contributed by atoms with Crippen LogP contribution < -0.4 is 21.3 Å². The van der Waals surface area contributed by atoms with Crippen LogP contribution in [0.15, 0.2) is 41.1 Å². The molecule has 0 spiro atoms. The molecular formula is C34H46ClN7O4S2. The summed E-state index contributed by atoms with van der Waals surface area (Å²) in [6, 6.07) is 9.02. The number of fused-ring (bicyclic) bond motifs is 4. The number of hydrogen-bond donors (Lipinski definition) is 4. The van der Waals surface area contributed by atoms with E-state index in [1.54, 1.807) is 10.8 Å². The summed E-state index contributed by atoms with van der Waals surface area (Å²) in [5, 5.41) is 17.3. The van der Waals surface area contributed by atoms with Crippen molar-refractivity contribution in [3.05, 3.63) is 68.1 Å². The predicted molar refractivity (Wildman–Crippen MR) is 191 cm³/mol. The summed E-state index contributed by atoms with van der Waals surface area (Å²) >= 11 is 2.69. The van der Waals surface area contributed by atoms with E-state index in [1.165, 1.54) is 22.7 Å². The van der Waals surface area contributed by atoms with Gasteiger partial charge in [-0.1, -0.05) is 44.2 Å². The number of halogens is 1. The van der Waals surface area contributed by atoms with Gasteiger partial charge in [-0.3, -0.25) is 19.2 Å². The maximum Gasteiger partial charge on any atom is 0.271 e. The Morgan fingerprint density at radius 3 is 2.27 bits per heavy atom. The number of piperidine rings is 1. The summed E-state index contributed by atoms with van der Waals surface area (Å²) in [6.45, 7) is 7.09. The molecule has 1 fully saturated rings. The van der Waals surface area contributed by atoms with Crippen LogP contribution in [0.4, 0.5) is 0 Å². The molecule has 0 saturated carbocycles. The lowest BCUT2D eigenvalue weighted by atomic mass is 9.98. The molecule has 4 heterocycles. The second kappa shape index (κ2) is 18.4. The maximum absolute atomic E-state index is 13.5. The van der Waals surface area contributed by atoms with E-state index >= 15 is 0 Å². The van der Waals surface area contributed by atoms with Crippen molar-refractivity contribution in [2.75, 3.05) is 32.7 Å². The van der Waals surface area contributed by atoms with Crippen LogP contribution >= 0.6 is 35.1 Å². The first-order valence-electron chi connectivity index (χ1n) is 16.6. The summed E-state index contributed by atoms with van der Waals surface area (Å²) in [4.78, 5) is 64.4. The third-order valence-electron chi connectivity index (χ3n) is 8.42. The number of carbonyl (C=O) groups excluding carboxylic acids is 4. The van der Waals surface area contributed by atoms with Gasteiger partial charge < -0.3 is 26.2 Å². The number of hydrogen-bond acceptors (Lipinski definition) is 9. The zero-order chi connectivity index (χ0) is 33.2. The van der Waals surface area contributed by atoms with Crippen LogP contribution in [-0.2, 0) is 16.0 Å². The van der Waals surface area contributed by atoms with Gasteiger partial charge in [-0.15, -0.1) is 35.1 Å². The van der Waals surface area contributed by atoms with Crippen molar-refractivity contribution in [1.82, 2.24) is 36.1 Å². The SMILES string of the molecule is CC(C)CC1NC(=O)CCCN(C(=O)[C@@H]2CCCNC2)CCCNC(=O)c2csc(n2)[C@H](Cc2ccccc2)NC(=O)c2csc1n2.Cl. The number of aromatic nitrogens is 2. The first-order chi connectivity index (χ1) is 22.8. The average molecular weight is 716 g/mol. The Hall–Kier alpha value is -3.39. The van der Waals surface area contributed by atoms with Gasteiger partial charge in [0.15, 0.2) is 0 Å². The third-order valence-corrected chi connectivity index (χ3v) is 10.3. The Kier molecular flexibility index (Phi) is 14.3. The summed E-state index contributed by atoms with van der Waals surface area (Å²) in [7, 11) is 0. The minimum Gasteiger partial charge on any atom is -0.351 e. The van der Waals surface area contributed by atoms with Crippen molar-refractivity contribution < 1.29 is 19.2 Å². The normalized spacial score (nSPS) is 21.7. The number of nitrogens with one attached hydrogen (secondary N) is 4. The topological polar surface area (TPSA) is 145 Å². The van der Waals surface area contributed by atoms with Crippen LogP contribution in [0.1, 0.15) is 101 Å². The van der Waals surface area contributed by atoms with Gasteiger partial charge in [-0.25, -0.2) is 9.97 Å². The van der Waals surface area contributed by atoms with E-state index < -0.39 is 6.04 Å². The van der Waals surface area contributed by atoms with Gasteiger partial charge in [0.2, 0.25) is 11.8 Å². The predicted octanol–water partition coefficient (Wildman–Crippen LogP) is 4.68. The Balaban J connectivity index is 0.00000520. The van der Waals surface area contributed by atoms with Gasteiger partial charge in [0.1, 0.15) is 21.4 Å². The fraction of sp³-hybridized carbons (Fsp3) is 0.529. The fourth-order valence-corrected chi connectivity index (χ4v) is 7.70. The van der Waals surface area contributed by atoms with Crippen LogP contribution in [0.2, 0.25) is 0 Å². The van der Waals surface area contributed by atoms with Gasteiger partial charge in [0.05, 0.1) is 18.0 Å². The molecule has 48 heavy (non-hydrogen) atoms. The molecule has 4 amide bonds. The van der Waals surface area contributed by atoms with Crippen molar-refractivity contribution in [2.24, 2.45) is 11.8 Å². The van der Waals surface area contributed by atoms with E-state index in [9.17, 15) is 19.2 Å². The van der Waals surface area contributed by atoms with E-state index in [-0.39, 0.29) is 60.1 Å². The summed E-state index contributed by atoms with van der Waals surface area (Å²) < 4.78 is 0. The molecule has 260 valence electrons. The van der Waals surface area contributed by atoms with Crippen molar-refractivity contribution >= 4 is 58.7 Å². The van der Waals surface area contributed by atoms with E-state index in [0.29, 0.717) is 73.5 Å². The van der Waals surface area contributed by atoms with Crippen molar-refractivity contribution in [2.45, 2.75) is 70.9 Å². The minimum atomic E-state index is -0.476. The molecule has 2 aliphatic heterocycles. The van der Waals surface area contributed by atoms with Crippen LogP contribution in [0.3, 0.4) is 0 Å². The highest BCUT2D eigenvalue weighted by atomic mass is 35.5. The largest absolute Gasteiger partial charge is 0.351 e. The smallest absolute Gasteiger partial charge is 0.271 e. The number of amides is 4. The van der Waals surface area contributed by atoms with Crippen LogP contribution in [0, 0.1) is 11.8 Å². The lowest BCUT2D eigenvalue weighted by molar-refractivity contribution is -0.136.